The SMILES string of the molecule is CC[C@H](C)c1ccccc1NC(=O)COC(=O)COc1ccccc1C#N. The van der Waals surface area contributed by atoms with E-state index >= 15 is 0 Å². The minimum atomic E-state index is -0.687. The summed E-state index contributed by atoms with van der Waals surface area (Å²) in [6.07, 6.45) is 0.948. The Kier molecular flexibility index (Phi) is 7.38. The molecule has 0 saturated heterocycles. The maximum atomic E-state index is 12.1. The molecule has 2 aromatic rings. The number of rotatable bonds is 8. The molecule has 0 radical (unpaired) electrons. The predicted molar refractivity (Wildman–Crippen MR) is 101 cm³/mol. The van der Waals surface area contributed by atoms with Gasteiger partial charge in [0.15, 0.2) is 13.2 Å². The van der Waals surface area contributed by atoms with Crippen molar-refractivity contribution in [3.8, 4) is 11.8 Å². The van der Waals surface area contributed by atoms with E-state index in [1.165, 1.54) is 0 Å². The number of esters is 1. The Morgan fingerprint density at radius 3 is 2.56 bits per heavy atom. The molecule has 0 unspecified atom stereocenters. The Balaban J connectivity index is 1.84. The van der Waals surface area contributed by atoms with Gasteiger partial charge in [-0.25, -0.2) is 4.79 Å². The lowest BCUT2D eigenvalue weighted by Gasteiger charge is -2.15. The first-order valence-corrected chi connectivity index (χ1v) is 8.71. The maximum Gasteiger partial charge on any atom is 0.344 e. The average Bonchev–Trinajstić information content (AvgIpc) is 2.70. The lowest BCUT2D eigenvalue weighted by atomic mass is 9.97. The van der Waals surface area contributed by atoms with Crippen LogP contribution >= 0.6 is 0 Å². The molecule has 2 aromatic carbocycles. The summed E-state index contributed by atoms with van der Waals surface area (Å²) >= 11 is 0. The van der Waals surface area contributed by atoms with E-state index in [-0.39, 0.29) is 6.61 Å². The second kappa shape index (κ2) is 9.97. The van der Waals surface area contributed by atoms with Crippen molar-refractivity contribution >= 4 is 17.6 Å². The molecular formula is C21H22N2O4. The van der Waals surface area contributed by atoms with Crippen LogP contribution in [0.1, 0.15) is 37.3 Å². The number of hydrogen-bond acceptors (Lipinski definition) is 5. The molecule has 1 amide bonds. The van der Waals surface area contributed by atoms with E-state index in [4.69, 9.17) is 14.7 Å². The fourth-order valence-electron chi connectivity index (χ4n) is 2.46. The minimum Gasteiger partial charge on any atom is -0.481 e. The van der Waals surface area contributed by atoms with Crippen LogP contribution in [0.25, 0.3) is 0 Å². The van der Waals surface area contributed by atoms with Gasteiger partial charge in [-0.05, 0) is 36.1 Å². The summed E-state index contributed by atoms with van der Waals surface area (Å²) in [4.78, 5) is 23.9. The molecule has 0 aromatic heterocycles. The Labute approximate surface area is 158 Å². The van der Waals surface area contributed by atoms with Crippen molar-refractivity contribution in [3.05, 3.63) is 59.7 Å². The maximum absolute atomic E-state index is 12.1. The highest BCUT2D eigenvalue weighted by atomic mass is 16.6. The van der Waals surface area contributed by atoms with Crippen molar-refractivity contribution in [1.29, 1.82) is 5.26 Å². The number of anilines is 1. The van der Waals surface area contributed by atoms with Gasteiger partial charge < -0.3 is 14.8 Å². The van der Waals surface area contributed by atoms with Crippen LogP contribution in [-0.4, -0.2) is 25.1 Å². The lowest BCUT2D eigenvalue weighted by Crippen LogP contribution is -2.24. The molecule has 0 aliphatic carbocycles. The number of nitrogens with one attached hydrogen (secondary N) is 1. The molecule has 6 nitrogen and oxygen atoms in total. The summed E-state index contributed by atoms with van der Waals surface area (Å²) in [7, 11) is 0. The van der Waals surface area contributed by atoms with Crippen LogP contribution in [0.15, 0.2) is 48.5 Å². The minimum absolute atomic E-state index is 0.295. The van der Waals surface area contributed by atoms with Crippen LogP contribution in [0, 0.1) is 11.3 Å². The van der Waals surface area contributed by atoms with E-state index < -0.39 is 18.5 Å². The number of carbonyl (C=O) groups excluding carboxylic acids is 2. The summed E-state index contributed by atoms with van der Waals surface area (Å²) in [5.41, 5.74) is 2.08. The Morgan fingerprint density at radius 2 is 1.81 bits per heavy atom. The number of para-hydroxylation sites is 2. The first-order valence-electron chi connectivity index (χ1n) is 8.71. The van der Waals surface area contributed by atoms with Crippen molar-refractivity contribution in [3.63, 3.8) is 0 Å². The van der Waals surface area contributed by atoms with Crippen molar-refractivity contribution in [2.75, 3.05) is 18.5 Å². The van der Waals surface area contributed by atoms with E-state index in [0.29, 0.717) is 22.9 Å². The molecule has 27 heavy (non-hydrogen) atoms. The largest absolute Gasteiger partial charge is 0.481 e. The standard InChI is InChI=1S/C21H22N2O4/c1-3-15(2)17-9-5-6-10-18(17)23-20(24)13-27-21(25)14-26-19-11-7-4-8-16(19)12-22/h4-11,15H,3,13-14H2,1-2H3,(H,23,24)/t15-/m0/s1. The number of hydrogen-bond donors (Lipinski definition) is 1. The summed E-state index contributed by atoms with van der Waals surface area (Å²) in [5, 5.41) is 11.8. The molecule has 1 N–H and O–H groups in total. The van der Waals surface area contributed by atoms with Crippen LogP contribution in [0.5, 0.6) is 5.75 Å². The second-order valence-electron chi connectivity index (χ2n) is 6.00. The molecule has 0 saturated carbocycles. The van der Waals surface area contributed by atoms with Gasteiger partial charge in [-0.3, -0.25) is 4.79 Å². The third-order valence-corrected chi connectivity index (χ3v) is 4.10. The fourth-order valence-corrected chi connectivity index (χ4v) is 2.46. The molecule has 0 heterocycles. The van der Waals surface area contributed by atoms with Gasteiger partial charge >= 0.3 is 5.97 Å². The first-order chi connectivity index (χ1) is 13.0. The first kappa shape index (κ1) is 20.0. The normalized spacial score (nSPS) is 11.1. The van der Waals surface area contributed by atoms with E-state index in [1.54, 1.807) is 24.3 Å². The van der Waals surface area contributed by atoms with Crippen LogP contribution in [0.3, 0.4) is 0 Å². The predicted octanol–water partition coefficient (Wildman–Crippen LogP) is 3.63. The van der Waals surface area contributed by atoms with Crippen molar-refractivity contribution in [2.24, 2.45) is 0 Å². The number of benzene rings is 2. The molecule has 0 fully saturated rings. The zero-order chi connectivity index (χ0) is 19.6. The lowest BCUT2D eigenvalue weighted by molar-refractivity contribution is -0.149. The average molecular weight is 366 g/mol. The molecule has 1 atom stereocenters. The zero-order valence-electron chi connectivity index (χ0n) is 15.4. The van der Waals surface area contributed by atoms with Gasteiger partial charge in [0.1, 0.15) is 11.8 Å². The Morgan fingerprint density at radius 1 is 1.11 bits per heavy atom. The molecule has 140 valence electrons. The number of ether oxygens (including phenoxy) is 2. The summed E-state index contributed by atoms with van der Waals surface area (Å²) in [6.45, 7) is 3.38. The van der Waals surface area contributed by atoms with Gasteiger partial charge in [0, 0.05) is 5.69 Å². The zero-order valence-corrected chi connectivity index (χ0v) is 15.4. The quantitative estimate of drug-likeness (QED) is 0.721. The monoisotopic (exact) mass is 366 g/mol. The highest BCUT2D eigenvalue weighted by Gasteiger charge is 2.13. The van der Waals surface area contributed by atoms with Crippen LogP contribution in [0.4, 0.5) is 5.69 Å². The van der Waals surface area contributed by atoms with Gasteiger partial charge in [-0.15, -0.1) is 0 Å². The third-order valence-electron chi connectivity index (χ3n) is 4.10. The second-order valence-corrected chi connectivity index (χ2v) is 6.00. The Bertz CT molecular complexity index is 842. The van der Waals surface area contributed by atoms with Crippen LogP contribution < -0.4 is 10.1 Å². The molecule has 0 spiro atoms. The van der Waals surface area contributed by atoms with E-state index in [2.05, 4.69) is 19.2 Å². The highest BCUT2D eigenvalue weighted by molar-refractivity contribution is 5.93. The summed E-state index contributed by atoms with van der Waals surface area (Å²) in [5.74, 6) is -0.508. The number of amides is 1. The molecule has 2 rings (SSSR count). The summed E-state index contributed by atoms with van der Waals surface area (Å²) in [6, 6.07) is 16.1. The van der Waals surface area contributed by atoms with E-state index in [1.807, 2.05) is 30.3 Å². The smallest absolute Gasteiger partial charge is 0.344 e. The van der Waals surface area contributed by atoms with Crippen LogP contribution in [-0.2, 0) is 14.3 Å². The van der Waals surface area contributed by atoms with Gasteiger partial charge in [-0.2, -0.15) is 5.26 Å². The third kappa shape index (κ3) is 5.86. The van der Waals surface area contributed by atoms with Crippen LogP contribution in [0.2, 0.25) is 0 Å². The number of nitriles is 1. The number of carbonyl (C=O) groups is 2. The molecule has 0 aliphatic rings. The highest BCUT2D eigenvalue weighted by Crippen LogP contribution is 2.26. The Hall–Kier alpha value is -3.33. The molecular weight excluding hydrogens is 344 g/mol. The van der Waals surface area contributed by atoms with Crippen molar-refractivity contribution in [1.82, 2.24) is 0 Å². The van der Waals surface area contributed by atoms with Crippen molar-refractivity contribution in [2.45, 2.75) is 26.2 Å². The van der Waals surface area contributed by atoms with Gasteiger partial charge in [0.05, 0.1) is 5.56 Å². The molecule has 6 heteroatoms. The van der Waals surface area contributed by atoms with E-state index in [9.17, 15) is 9.59 Å². The summed E-state index contributed by atoms with van der Waals surface area (Å²) < 4.78 is 10.2. The topological polar surface area (TPSA) is 88.4 Å². The number of nitrogens with zero attached hydrogens (tertiary/aromatic N) is 1. The van der Waals surface area contributed by atoms with Gasteiger partial charge in [-0.1, -0.05) is 44.2 Å². The van der Waals surface area contributed by atoms with Gasteiger partial charge in [0.25, 0.3) is 5.91 Å². The molecule has 0 aliphatic heterocycles. The van der Waals surface area contributed by atoms with E-state index in [0.717, 1.165) is 12.0 Å². The van der Waals surface area contributed by atoms with Gasteiger partial charge in [0.2, 0.25) is 0 Å². The molecule has 0 bridgehead atoms. The fraction of sp³-hybridized carbons (Fsp3) is 0.286. The van der Waals surface area contributed by atoms with Crippen molar-refractivity contribution < 1.29 is 19.1 Å².